The van der Waals surface area contributed by atoms with Crippen molar-refractivity contribution in [3.05, 3.63) is 29.8 Å². The molecule has 2 aromatic rings. The van der Waals surface area contributed by atoms with Gasteiger partial charge in [-0.15, -0.1) is 0 Å². The number of carbonyl (C=O) groups excluding carboxylic acids is 2. The SMILES string of the molecule is COCCC(F)(F)[C@]1(O)CC[C@H](NC(=O)[C@H]2CCN(C(=O)c3cc(-c4cc(OC)ncc4F)[nH]n3)C3(CC3)C2)CC1. The number of nitrogens with one attached hydrogen (secondary N) is 2. The summed E-state index contributed by atoms with van der Waals surface area (Å²) < 4.78 is 53.3. The number of aromatic nitrogens is 3. The number of rotatable bonds is 9. The van der Waals surface area contributed by atoms with Crippen molar-refractivity contribution in [2.24, 2.45) is 5.92 Å². The maximum Gasteiger partial charge on any atom is 0.278 e. The van der Waals surface area contributed by atoms with Gasteiger partial charge in [-0.25, -0.2) is 18.2 Å². The second kappa shape index (κ2) is 11.2. The molecule has 2 aliphatic carbocycles. The van der Waals surface area contributed by atoms with Crippen molar-refractivity contribution in [2.45, 2.75) is 80.9 Å². The molecule has 5 rings (SSSR count). The molecule has 0 aromatic carbocycles. The lowest BCUT2D eigenvalue weighted by atomic mass is 9.77. The molecule has 3 N–H and O–H groups in total. The van der Waals surface area contributed by atoms with Crippen LogP contribution in [0.15, 0.2) is 18.3 Å². The van der Waals surface area contributed by atoms with Gasteiger partial charge in [0.05, 0.1) is 25.6 Å². The van der Waals surface area contributed by atoms with Gasteiger partial charge in [-0.05, 0) is 57.4 Å². The van der Waals surface area contributed by atoms with Crippen LogP contribution in [0.1, 0.15) is 68.3 Å². The van der Waals surface area contributed by atoms with E-state index < -0.39 is 29.3 Å². The first-order chi connectivity index (χ1) is 19.5. The summed E-state index contributed by atoms with van der Waals surface area (Å²) in [7, 11) is 2.77. The normalized spacial score (nSPS) is 25.7. The summed E-state index contributed by atoms with van der Waals surface area (Å²) in [6.45, 7) is 0.227. The highest BCUT2D eigenvalue weighted by Crippen LogP contribution is 2.51. The Morgan fingerprint density at radius 1 is 1.20 bits per heavy atom. The number of ether oxygens (including phenoxy) is 2. The van der Waals surface area contributed by atoms with E-state index in [-0.39, 0.29) is 73.2 Å². The molecule has 1 atom stereocenters. The standard InChI is InChI=1S/C28H36F3N5O5/c1-40-12-10-28(30,31)27(39)6-3-18(4-7-27)33-24(37)17-5-11-36(26(15-17)8-9-26)25(38)22-14-21(34-35-22)19-13-23(41-2)32-16-20(19)29/h13-14,16-18,39H,3-12,15H2,1-2H3,(H,33,37)(H,34,35)/t17-,18-,27-/m0/s1. The van der Waals surface area contributed by atoms with Crippen molar-refractivity contribution in [1.29, 1.82) is 0 Å². The van der Waals surface area contributed by atoms with E-state index in [2.05, 4.69) is 20.5 Å². The van der Waals surface area contributed by atoms with Gasteiger partial charge in [0.1, 0.15) is 5.60 Å². The first kappa shape index (κ1) is 29.3. The lowest BCUT2D eigenvalue weighted by Crippen LogP contribution is -2.55. The van der Waals surface area contributed by atoms with Gasteiger partial charge in [0.2, 0.25) is 11.8 Å². The third-order valence-corrected chi connectivity index (χ3v) is 8.93. The number of hydrogen-bond acceptors (Lipinski definition) is 7. The van der Waals surface area contributed by atoms with Crippen molar-refractivity contribution in [3.63, 3.8) is 0 Å². The molecular formula is C28H36F3N5O5. The molecule has 2 aromatic heterocycles. The number of alkyl halides is 2. The van der Waals surface area contributed by atoms with Gasteiger partial charge >= 0.3 is 0 Å². The first-order valence-electron chi connectivity index (χ1n) is 14.0. The highest BCUT2D eigenvalue weighted by atomic mass is 19.3. The number of hydrogen-bond donors (Lipinski definition) is 3. The Morgan fingerprint density at radius 3 is 2.59 bits per heavy atom. The maximum atomic E-state index is 14.5. The monoisotopic (exact) mass is 579 g/mol. The van der Waals surface area contributed by atoms with Gasteiger partial charge in [-0.1, -0.05) is 0 Å². The minimum Gasteiger partial charge on any atom is -0.481 e. The molecule has 0 radical (unpaired) electrons. The predicted octanol–water partition coefficient (Wildman–Crippen LogP) is 3.47. The number of likely N-dealkylation sites (tertiary alicyclic amines) is 1. The maximum absolute atomic E-state index is 14.5. The van der Waals surface area contributed by atoms with Crippen LogP contribution in [-0.2, 0) is 9.53 Å². The van der Waals surface area contributed by atoms with Gasteiger partial charge in [0.15, 0.2) is 11.5 Å². The average molecular weight is 580 g/mol. The van der Waals surface area contributed by atoms with Crippen LogP contribution in [0.3, 0.4) is 0 Å². The van der Waals surface area contributed by atoms with Gasteiger partial charge in [-0.2, -0.15) is 5.10 Å². The Hall–Kier alpha value is -3.19. The van der Waals surface area contributed by atoms with Crippen molar-refractivity contribution in [2.75, 3.05) is 27.4 Å². The number of aromatic amines is 1. The summed E-state index contributed by atoms with van der Waals surface area (Å²) in [5, 5.41) is 20.5. The molecule has 41 heavy (non-hydrogen) atoms. The molecule has 10 nitrogen and oxygen atoms in total. The van der Waals surface area contributed by atoms with Gasteiger partial charge in [0, 0.05) is 49.2 Å². The molecule has 0 unspecified atom stereocenters. The van der Waals surface area contributed by atoms with Gasteiger partial charge < -0.3 is 24.8 Å². The number of carbonyl (C=O) groups is 2. The van der Waals surface area contributed by atoms with Crippen LogP contribution >= 0.6 is 0 Å². The molecule has 13 heteroatoms. The van der Waals surface area contributed by atoms with Gasteiger partial charge in [-0.3, -0.25) is 14.7 Å². The third-order valence-electron chi connectivity index (χ3n) is 8.93. The average Bonchev–Trinajstić information content (AvgIpc) is 3.54. The molecular weight excluding hydrogens is 543 g/mol. The molecule has 2 saturated carbocycles. The van der Waals surface area contributed by atoms with E-state index in [1.807, 2.05) is 0 Å². The molecule has 0 bridgehead atoms. The van der Waals surface area contributed by atoms with E-state index in [4.69, 9.17) is 9.47 Å². The van der Waals surface area contributed by atoms with Crippen molar-refractivity contribution in [1.82, 2.24) is 25.4 Å². The number of aliphatic hydroxyl groups is 1. The zero-order valence-corrected chi connectivity index (χ0v) is 23.2. The van der Waals surface area contributed by atoms with E-state index in [1.54, 1.807) is 4.90 Å². The quantitative estimate of drug-likeness (QED) is 0.415. The highest BCUT2D eigenvalue weighted by Gasteiger charge is 2.56. The number of pyridine rings is 1. The van der Waals surface area contributed by atoms with E-state index in [9.17, 15) is 27.9 Å². The van der Waals surface area contributed by atoms with Gasteiger partial charge in [0.25, 0.3) is 11.8 Å². The van der Waals surface area contributed by atoms with Crippen molar-refractivity contribution < 1.29 is 37.3 Å². The number of methoxy groups -OCH3 is 2. The van der Waals surface area contributed by atoms with Crippen LogP contribution in [0.5, 0.6) is 5.88 Å². The fourth-order valence-corrected chi connectivity index (χ4v) is 6.18. The van der Waals surface area contributed by atoms with Crippen LogP contribution in [0.4, 0.5) is 13.2 Å². The minimum absolute atomic E-state index is 0.104. The number of halogens is 3. The molecule has 224 valence electrons. The number of nitrogens with zero attached hydrogens (tertiary/aromatic N) is 3. The molecule has 1 aliphatic heterocycles. The smallest absolute Gasteiger partial charge is 0.278 e. The summed E-state index contributed by atoms with van der Waals surface area (Å²) in [6, 6.07) is 2.63. The van der Waals surface area contributed by atoms with E-state index in [0.717, 1.165) is 19.0 Å². The Bertz CT molecular complexity index is 1280. The van der Waals surface area contributed by atoms with E-state index in [1.165, 1.54) is 26.4 Å². The fourth-order valence-electron chi connectivity index (χ4n) is 6.18. The molecule has 1 spiro atoms. The van der Waals surface area contributed by atoms with Crippen LogP contribution in [0, 0.1) is 11.7 Å². The zero-order chi connectivity index (χ0) is 29.4. The number of amides is 2. The van der Waals surface area contributed by atoms with Crippen LogP contribution in [-0.4, -0.2) is 87.5 Å². The predicted molar refractivity (Wildman–Crippen MR) is 141 cm³/mol. The molecule has 3 fully saturated rings. The van der Waals surface area contributed by atoms with Crippen LogP contribution in [0.25, 0.3) is 11.3 Å². The topological polar surface area (TPSA) is 130 Å². The number of H-pyrrole nitrogens is 1. The highest BCUT2D eigenvalue weighted by molar-refractivity contribution is 5.94. The van der Waals surface area contributed by atoms with Crippen molar-refractivity contribution >= 4 is 11.8 Å². The van der Waals surface area contributed by atoms with Crippen LogP contribution < -0.4 is 10.1 Å². The Kier molecular flexibility index (Phi) is 8.03. The minimum atomic E-state index is -3.26. The summed E-state index contributed by atoms with van der Waals surface area (Å²) >= 11 is 0. The Morgan fingerprint density at radius 2 is 1.93 bits per heavy atom. The Balaban J connectivity index is 1.17. The van der Waals surface area contributed by atoms with E-state index >= 15 is 0 Å². The third kappa shape index (κ3) is 5.78. The van der Waals surface area contributed by atoms with Crippen LogP contribution in [0.2, 0.25) is 0 Å². The lowest BCUT2D eigenvalue weighted by molar-refractivity contribution is -0.204. The summed E-state index contributed by atoms with van der Waals surface area (Å²) in [5.74, 6) is -4.35. The second-order valence-electron chi connectivity index (χ2n) is 11.5. The Labute approximate surface area is 236 Å². The molecule has 3 aliphatic rings. The summed E-state index contributed by atoms with van der Waals surface area (Å²) in [6.07, 6.45) is 3.30. The summed E-state index contributed by atoms with van der Waals surface area (Å²) in [4.78, 5) is 32.2. The second-order valence-corrected chi connectivity index (χ2v) is 11.5. The first-order valence-corrected chi connectivity index (χ1v) is 14.0. The lowest BCUT2D eigenvalue weighted by Gasteiger charge is -2.42. The largest absolute Gasteiger partial charge is 0.481 e. The molecule has 3 heterocycles. The molecule has 1 saturated heterocycles. The fraction of sp³-hybridized carbons (Fsp3) is 0.643. The molecule has 2 amide bonds. The zero-order valence-electron chi connectivity index (χ0n) is 23.2. The van der Waals surface area contributed by atoms with Crippen molar-refractivity contribution in [3.8, 4) is 17.1 Å². The summed E-state index contributed by atoms with van der Waals surface area (Å²) in [5.41, 5.74) is -1.88. The van der Waals surface area contributed by atoms with E-state index in [0.29, 0.717) is 25.1 Å². The number of piperidine rings is 1.